The highest BCUT2D eigenvalue weighted by Crippen LogP contribution is 2.25. The van der Waals surface area contributed by atoms with Crippen LogP contribution in [0.1, 0.15) is 41.5 Å². The van der Waals surface area contributed by atoms with Crippen molar-refractivity contribution in [3.05, 3.63) is 138 Å². The molecule has 0 heterocycles. The molecule has 230 valence electrons. The molecule has 44 heavy (non-hydrogen) atoms. The van der Waals surface area contributed by atoms with Crippen LogP contribution < -0.4 is 5.32 Å². The number of rotatable bonds is 15. The number of carbonyl (C=O) groups excluding carboxylic acids is 2. The summed E-state index contributed by atoms with van der Waals surface area (Å²) >= 11 is 0. The standard InChI is InChI=1S/C35H38N2O6S/c1-28-20-22-32(23-21-28)44(40,41)37(25-29-13-5-2-6-14-29)33(34(38)42-26-30-15-7-3-8-16-30)19-11-12-24-36-35(39)43-27-31-17-9-4-10-18-31/h2-10,13-18,20-23,33H,11-12,19,24-27H2,1H3,(H,36,39)/t33-/m0/s1. The van der Waals surface area contributed by atoms with Gasteiger partial charge in [-0.3, -0.25) is 4.79 Å². The number of unbranched alkanes of at least 4 members (excludes halogenated alkanes) is 1. The summed E-state index contributed by atoms with van der Waals surface area (Å²) in [6, 6.07) is 33.3. The van der Waals surface area contributed by atoms with Gasteiger partial charge in [-0.05, 0) is 55.0 Å². The van der Waals surface area contributed by atoms with Crippen molar-refractivity contribution in [1.29, 1.82) is 0 Å². The van der Waals surface area contributed by atoms with Gasteiger partial charge in [0.25, 0.3) is 0 Å². The summed E-state index contributed by atoms with van der Waals surface area (Å²) in [5, 5.41) is 2.72. The van der Waals surface area contributed by atoms with E-state index in [1.807, 2.05) is 97.9 Å². The Balaban J connectivity index is 1.48. The molecule has 0 saturated carbocycles. The van der Waals surface area contributed by atoms with Crippen molar-refractivity contribution in [2.24, 2.45) is 0 Å². The first-order valence-electron chi connectivity index (χ1n) is 14.6. The molecule has 0 fully saturated rings. The van der Waals surface area contributed by atoms with E-state index in [0.29, 0.717) is 19.4 Å². The summed E-state index contributed by atoms with van der Waals surface area (Å²) in [5.74, 6) is -0.629. The summed E-state index contributed by atoms with van der Waals surface area (Å²) in [6.45, 7) is 2.37. The topological polar surface area (TPSA) is 102 Å². The zero-order valence-corrected chi connectivity index (χ0v) is 25.6. The molecule has 4 aromatic carbocycles. The van der Waals surface area contributed by atoms with Crippen molar-refractivity contribution in [2.75, 3.05) is 6.54 Å². The first kappa shape index (κ1) is 32.4. The van der Waals surface area contributed by atoms with E-state index in [1.54, 1.807) is 24.3 Å². The van der Waals surface area contributed by atoms with Gasteiger partial charge in [0, 0.05) is 13.1 Å². The number of esters is 1. The molecular formula is C35H38N2O6S. The molecule has 0 bridgehead atoms. The lowest BCUT2D eigenvalue weighted by molar-refractivity contribution is -0.150. The molecular weight excluding hydrogens is 576 g/mol. The molecule has 1 atom stereocenters. The molecule has 0 aliphatic rings. The molecule has 0 aliphatic carbocycles. The highest BCUT2D eigenvalue weighted by atomic mass is 32.2. The summed E-state index contributed by atoms with van der Waals surface area (Å²) in [5.41, 5.74) is 3.35. The summed E-state index contributed by atoms with van der Waals surface area (Å²) in [4.78, 5) is 25.9. The van der Waals surface area contributed by atoms with Crippen LogP contribution in [-0.4, -0.2) is 37.4 Å². The predicted molar refractivity (Wildman–Crippen MR) is 169 cm³/mol. The number of carbonyl (C=O) groups is 2. The third kappa shape index (κ3) is 9.79. The number of aryl methyl sites for hydroxylation is 1. The van der Waals surface area contributed by atoms with Gasteiger partial charge in [0.1, 0.15) is 19.3 Å². The van der Waals surface area contributed by atoms with E-state index in [4.69, 9.17) is 9.47 Å². The minimum Gasteiger partial charge on any atom is -0.460 e. The molecule has 4 aromatic rings. The van der Waals surface area contributed by atoms with Gasteiger partial charge in [-0.1, -0.05) is 109 Å². The fraction of sp³-hybridized carbons (Fsp3) is 0.257. The number of nitrogens with one attached hydrogen (secondary N) is 1. The van der Waals surface area contributed by atoms with Gasteiger partial charge in [0.05, 0.1) is 4.90 Å². The Morgan fingerprint density at radius 1 is 0.705 bits per heavy atom. The Hall–Kier alpha value is -4.47. The Morgan fingerprint density at radius 3 is 1.80 bits per heavy atom. The molecule has 4 rings (SSSR count). The maximum atomic E-state index is 14.1. The van der Waals surface area contributed by atoms with Crippen LogP contribution in [0.5, 0.6) is 0 Å². The van der Waals surface area contributed by atoms with Crippen molar-refractivity contribution in [1.82, 2.24) is 9.62 Å². The maximum Gasteiger partial charge on any atom is 0.407 e. The maximum absolute atomic E-state index is 14.1. The lowest BCUT2D eigenvalue weighted by atomic mass is 10.1. The summed E-state index contributed by atoms with van der Waals surface area (Å²) in [6.07, 6.45) is 0.623. The Morgan fingerprint density at radius 2 is 1.23 bits per heavy atom. The second-order valence-electron chi connectivity index (χ2n) is 10.4. The molecule has 0 radical (unpaired) electrons. The van der Waals surface area contributed by atoms with Crippen LogP contribution in [0.3, 0.4) is 0 Å². The lowest BCUT2D eigenvalue weighted by Crippen LogP contribution is -2.45. The fourth-order valence-electron chi connectivity index (χ4n) is 4.60. The highest BCUT2D eigenvalue weighted by Gasteiger charge is 2.37. The zero-order valence-electron chi connectivity index (χ0n) is 24.8. The summed E-state index contributed by atoms with van der Waals surface area (Å²) < 4.78 is 40.4. The van der Waals surface area contributed by atoms with Crippen LogP contribution in [0.4, 0.5) is 4.79 Å². The summed E-state index contributed by atoms with van der Waals surface area (Å²) in [7, 11) is -4.09. The van der Waals surface area contributed by atoms with Gasteiger partial charge in [-0.25, -0.2) is 13.2 Å². The number of amides is 1. The molecule has 0 unspecified atom stereocenters. The molecule has 1 N–H and O–H groups in total. The second kappa shape index (κ2) is 16.4. The third-order valence-electron chi connectivity index (χ3n) is 7.04. The van der Waals surface area contributed by atoms with E-state index >= 15 is 0 Å². The van der Waals surface area contributed by atoms with Crippen molar-refractivity contribution < 1.29 is 27.5 Å². The van der Waals surface area contributed by atoms with E-state index in [1.165, 1.54) is 4.31 Å². The fourth-order valence-corrected chi connectivity index (χ4v) is 6.20. The molecule has 1 amide bonds. The van der Waals surface area contributed by atoms with Crippen LogP contribution in [0.2, 0.25) is 0 Å². The van der Waals surface area contributed by atoms with Crippen molar-refractivity contribution >= 4 is 22.1 Å². The Bertz CT molecular complexity index is 1560. The quantitative estimate of drug-likeness (QED) is 0.123. The Labute approximate surface area is 259 Å². The number of alkyl carbamates (subject to hydrolysis) is 1. The largest absolute Gasteiger partial charge is 0.460 e. The van der Waals surface area contributed by atoms with Crippen molar-refractivity contribution in [2.45, 2.75) is 56.9 Å². The number of benzene rings is 4. The van der Waals surface area contributed by atoms with Crippen LogP contribution >= 0.6 is 0 Å². The number of hydrogen-bond donors (Lipinski definition) is 1. The predicted octanol–water partition coefficient (Wildman–Crippen LogP) is 6.39. The molecule has 8 nitrogen and oxygen atoms in total. The first-order chi connectivity index (χ1) is 21.3. The number of hydrogen-bond acceptors (Lipinski definition) is 6. The first-order valence-corrected chi connectivity index (χ1v) is 16.0. The van der Waals surface area contributed by atoms with E-state index in [9.17, 15) is 18.0 Å². The Kier molecular flexibility index (Phi) is 12.1. The van der Waals surface area contributed by atoms with Gasteiger partial charge in [0.15, 0.2) is 0 Å². The minimum absolute atomic E-state index is 0.00772. The monoisotopic (exact) mass is 614 g/mol. The molecule has 0 aromatic heterocycles. The highest BCUT2D eigenvalue weighted by molar-refractivity contribution is 7.89. The van der Waals surface area contributed by atoms with Crippen LogP contribution in [0.25, 0.3) is 0 Å². The van der Waals surface area contributed by atoms with E-state index in [0.717, 1.165) is 22.3 Å². The minimum atomic E-state index is -4.09. The van der Waals surface area contributed by atoms with Crippen molar-refractivity contribution in [3.63, 3.8) is 0 Å². The SMILES string of the molecule is Cc1ccc(S(=O)(=O)N(Cc2ccccc2)[C@@H](CCCCNC(=O)OCc2ccccc2)C(=O)OCc2ccccc2)cc1. The number of sulfonamides is 1. The second-order valence-corrected chi connectivity index (χ2v) is 12.3. The van der Waals surface area contributed by atoms with Gasteiger partial charge in [-0.2, -0.15) is 4.31 Å². The lowest BCUT2D eigenvalue weighted by Gasteiger charge is -2.30. The van der Waals surface area contributed by atoms with Gasteiger partial charge < -0.3 is 14.8 Å². The molecule has 0 saturated heterocycles. The average molecular weight is 615 g/mol. The average Bonchev–Trinajstić information content (AvgIpc) is 3.05. The van der Waals surface area contributed by atoms with Crippen LogP contribution in [0, 0.1) is 6.92 Å². The number of nitrogens with zero attached hydrogens (tertiary/aromatic N) is 1. The third-order valence-corrected chi connectivity index (χ3v) is 8.91. The smallest absolute Gasteiger partial charge is 0.407 e. The molecule has 0 aliphatic heterocycles. The molecule has 0 spiro atoms. The van der Waals surface area contributed by atoms with E-state index < -0.39 is 28.1 Å². The molecule has 9 heteroatoms. The van der Waals surface area contributed by atoms with Gasteiger partial charge in [-0.15, -0.1) is 0 Å². The normalized spacial score (nSPS) is 12.0. The van der Waals surface area contributed by atoms with Gasteiger partial charge in [0.2, 0.25) is 10.0 Å². The van der Waals surface area contributed by atoms with Crippen molar-refractivity contribution in [3.8, 4) is 0 Å². The van der Waals surface area contributed by atoms with Crippen LogP contribution in [0.15, 0.2) is 120 Å². The van der Waals surface area contributed by atoms with Crippen LogP contribution in [-0.2, 0) is 44.1 Å². The van der Waals surface area contributed by atoms with E-state index in [-0.39, 0.29) is 31.1 Å². The zero-order chi connectivity index (χ0) is 31.2. The number of ether oxygens (including phenoxy) is 2. The van der Waals surface area contributed by atoms with Gasteiger partial charge >= 0.3 is 12.1 Å². The van der Waals surface area contributed by atoms with E-state index in [2.05, 4.69) is 5.32 Å².